The molecule has 1 aromatic rings. The molecule has 0 unspecified atom stereocenters. The van der Waals surface area contributed by atoms with Gasteiger partial charge in [-0.25, -0.2) is 0 Å². The van der Waals surface area contributed by atoms with Crippen LogP contribution in [0.3, 0.4) is 0 Å². The lowest BCUT2D eigenvalue weighted by atomic mass is 10.3. The van der Waals surface area contributed by atoms with E-state index in [1.54, 1.807) is 18.2 Å². The molecular formula is C6H9N3O2. The fourth-order valence-electron chi connectivity index (χ4n) is 0.648. The molecule has 0 aliphatic heterocycles. The number of benzene rings is 1. The summed E-state index contributed by atoms with van der Waals surface area (Å²) in [5.74, 6) is 0. The van der Waals surface area contributed by atoms with Crippen molar-refractivity contribution in [3.05, 3.63) is 29.2 Å². The molecule has 0 saturated carbocycles. The third-order valence-electron chi connectivity index (χ3n) is 1.12. The summed E-state index contributed by atoms with van der Waals surface area (Å²) in [4.78, 5) is 9.99. The van der Waals surface area contributed by atoms with Crippen molar-refractivity contribution >= 4 is 11.4 Å². The minimum atomic E-state index is 0. The highest BCUT2D eigenvalue weighted by atomic mass is 16.5. The second-order valence-corrected chi connectivity index (χ2v) is 1.72. The van der Waals surface area contributed by atoms with Crippen LogP contribution in [-0.4, -0.2) is 5.21 Å². The van der Waals surface area contributed by atoms with E-state index in [9.17, 15) is 4.91 Å². The summed E-state index contributed by atoms with van der Waals surface area (Å²) >= 11 is 0. The molecule has 0 bridgehead atoms. The Morgan fingerprint density at radius 3 is 2.45 bits per heavy atom. The first-order chi connectivity index (χ1) is 4.88. The van der Waals surface area contributed by atoms with Crippen molar-refractivity contribution in [3.63, 3.8) is 0 Å². The summed E-state index contributed by atoms with van der Waals surface area (Å²) in [6, 6.07) is 6.41. The monoisotopic (exact) mass is 155 g/mol. The van der Waals surface area contributed by atoms with Gasteiger partial charge in [0, 0.05) is 0 Å². The van der Waals surface area contributed by atoms with E-state index >= 15 is 0 Å². The summed E-state index contributed by atoms with van der Waals surface area (Å²) < 4.78 is 0. The number of rotatable bonds is 2. The van der Waals surface area contributed by atoms with Crippen molar-refractivity contribution in [1.82, 2.24) is 6.15 Å². The van der Waals surface area contributed by atoms with E-state index in [1.807, 2.05) is 5.48 Å². The van der Waals surface area contributed by atoms with Gasteiger partial charge in [-0.15, -0.1) is 4.91 Å². The van der Waals surface area contributed by atoms with E-state index in [0.29, 0.717) is 5.69 Å². The molecule has 5 heteroatoms. The van der Waals surface area contributed by atoms with Gasteiger partial charge in [-0.3, -0.25) is 10.7 Å². The molecule has 5 nitrogen and oxygen atoms in total. The first-order valence-electron chi connectivity index (χ1n) is 2.71. The fraction of sp³-hybridized carbons (Fsp3) is 0. The smallest absolute Gasteiger partial charge is 0.133 e. The molecule has 0 amide bonds. The Balaban J connectivity index is 0.000001000. The van der Waals surface area contributed by atoms with Crippen LogP contribution in [-0.2, 0) is 0 Å². The second kappa shape index (κ2) is 4.37. The van der Waals surface area contributed by atoms with E-state index in [1.165, 1.54) is 6.07 Å². The molecule has 0 atom stereocenters. The van der Waals surface area contributed by atoms with Crippen LogP contribution in [0.5, 0.6) is 0 Å². The lowest BCUT2D eigenvalue weighted by molar-refractivity contribution is 0.389. The molecule has 1 aromatic carbocycles. The van der Waals surface area contributed by atoms with Gasteiger partial charge >= 0.3 is 0 Å². The molecular weight excluding hydrogens is 146 g/mol. The summed E-state index contributed by atoms with van der Waals surface area (Å²) in [6.07, 6.45) is 0. The summed E-state index contributed by atoms with van der Waals surface area (Å²) in [5, 5.41) is 11.1. The topological polar surface area (TPSA) is 96.7 Å². The van der Waals surface area contributed by atoms with Crippen LogP contribution in [0, 0.1) is 4.91 Å². The van der Waals surface area contributed by atoms with Crippen molar-refractivity contribution in [2.75, 3.05) is 5.48 Å². The number of anilines is 1. The minimum Gasteiger partial charge on any atom is -0.344 e. The average molecular weight is 155 g/mol. The fourth-order valence-corrected chi connectivity index (χ4v) is 0.648. The Morgan fingerprint density at radius 1 is 1.36 bits per heavy atom. The molecule has 0 saturated heterocycles. The van der Waals surface area contributed by atoms with Crippen LogP contribution in [0.25, 0.3) is 0 Å². The van der Waals surface area contributed by atoms with Gasteiger partial charge in [0.25, 0.3) is 0 Å². The van der Waals surface area contributed by atoms with Crippen LogP contribution >= 0.6 is 0 Å². The quantitative estimate of drug-likeness (QED) is 0.449. The Hall–Kier alpha value is -1.46. The predicted molar refractivity (Wildman–Crippen MR) is 42.3 cm³/mol. The van der Waals surface area contributed by atoms with Crippen LogP contribution in [0.2, 0.25) is 0 Å². The van der Waals surface area contributed by atoms with Crippen LogP contribution in [0.15, 0.2) is 29.4 Å². The normalized spacial score (nSPS) is 8.09. The van der Waals surface area contributed by atoms with Crippen molar-refractivity contribution in [2.45, 2.75) is 0 Å². The maximum absolute atomic E-state index is 9.99. The minimum absolute atomic E-state index is 0. The number of hydrogen-bond acceptors (Lipinski definition) is 5. The lowest BCUT2D eigenvalue weighted by Gasteiger charge is -1.97. The van der Waals surface area contributed by atoms with Gasteiger partial charge in [0.15, 0.2) is 0 Å². The van der Waals surface area contributed by atoms with E-state index in [0.717, 1.165) is 0 Å². The molecule has 0 heterocycles. The maximum atomic E-state index is 9.99. The highest BCUT2D eigenvalue weighted by molar-refractivity contribution is 5.63. The van der Waals surface area contributed by atoms with Gasteiger partial charge in [-0.05, 0) is 17.3 Å². The van der Waals surface area contributed by atoms with Gasteiger partial charge in [0.05, 0.1) is 5.69 Å². The summed E-state index contributed by atoms with van der Waals surface area (Å²) in [7, 11) is 0. The molecule has 5 N–H and O–H groups in total. The van der Waals surface area contributed by atoms with E-state index in [4.69, 9.17) is 5.21 Å². The standard InChI is InChI=1S/C6H6N2O2.H3N/c9-7-5-3-1-2-4-6(5)8-10;/h1-4,7,9H;1H3. The predicted octanol–water partition coefficient (Wildman–Crippen LogP) is 2.05. The van der Waals surface area contributed by atoms with Crippen molar-refractivity contribution in [3.8, 4) is 0 Å². The molecule has 1 rings (SSSR count). The Labute approximate surface area is 63.6 Å². The van der Waals surface area contributed by atoms with Gasteiger partial charge in [0.2, 0.25) is 0 Å². The van der Waals surface area contributed by atoms with Crippen LogP contribution < -0.4 is 11.6 Å². The Morgan fingerprint density at radius 2 is 2.00 bits per heavy atom. The highest BCUT2D eigenvalue weighted by Gasteiger charge is 1.96. The van der Waals surface area contributed by atoms with Crippen molar-refractivity contribution in [1.29, 1.82) is 0 Å². The number of para-hydroxylation sites is 1. The molecule has 60 valence electrons. The summed E-state index contributed by atoms with van der Waals surface area (Å²) in [6.45, 7) is 0. The first-order valence-corrected chi connectivity index (χ1v) is 2.71. The summed E-state index contributed by atoms with van der Waals surface area (Å²) in [5.41, 5.74) is 2.37. The first kappa shape index (κ1) is 9.54. The molecule has 0 fully saturated rings. The van der Waals surface area contributed by atoms with E-state index in [2.05, 4.69) is 5.18 Å². The van der Waals surface area contributed by atoms with Gasteiger partial charge in [-0.2, -0.15) is 0 Å². The lowest BCUT2D eigenvalue weighted by Crippen LogP contribution is -1.87. The van der Waals surface area contributed by atoms with Crippen LogP contribution in [0.4, 0.5) is 11.4 Å². The zero-order valence-corrected chi connectivity index (χ0v) is 5.82. The van der Waals surface area contributed by atoms with Crippen molar-refractivity contribution in [2.24, 2.45) is 5.18 Å². The second-order valence-electron chi connectivity index (χ2n) is 1.72. The van der Waals surface area contributed by atoms with E-state index in [-0.39, 0.29) is 11.8 Å². The molecule has 11 heavy (non-hydrogen) atoms. The third kappa shape index (κ3) is 1.99. The number of nitroso groups, excluding NO2 is 1. The van der Waals surface area contributed by atoms with Gasteiger partial charge in [0.1, 0.15) is 5.69 Å². The zero-order chi connectivity index (χ0) is 7.40. The number of hydrogen-bond donors (Lipinski definition) is 3. The maximum Gasteiger partial charge on any atom is 0.133 e. The SMILES string of the molecule is N.O=Nc1ccccc1NO. The van der Waals surface area contributed by atoms with Gasteiger partial charge in [-0.1, -0.05) is 12.1 Å². The third-order valence-corrected chi connectivity index (χ3v) is 1.12. The van der Waals surface area contributed by atoms with Crippen molar-refractivity contribution < 1.29 is 5.21 Å². The van der Waals surface area contributed by atoms with E-state index < -0.39 is 0 Å². The largest absolute Gasteiger partial charge is 0.344 e. The number of nitrogens with zero attached hydrogens (tertiary/aromatic N) is 1. The molecule has 0 aromatic heterocycles. The van der Waals surface area contributed by atoms with Crippen LogP contribution in [0.1, 0.15) is 0 Å². The molecule has 0 spiro atoms. The highest BCUT2D eigenvalue weighted by Crippen LogP contribution is 2.22. The molecule has 0 aliphatic carbocycles. The number of nitrogens with one attached hydrogen (secondary N) is 1. The zero-order valence-electron chi connectivity index (χ0n) is 5.82. The average Bonchev–Trinajstić information content (AvgIpc) is 2.04. The Kier molecular flexibility index (Phi) is 3.79. The van der Waals surface area contributed by atoms with Gasteiger partial charge < -0.3 is 6.15 Å². The molecule has 0 radical (unpaired) electrons. The molecule has 0 aliphatic rings. The Bertz CT molecular complexity index is 239.